The lowest BCUT2D eigenvalue weighted by molar-refractivity contribution is 0.436. The second kappa shape index (κ2) is 7.42. The molecule has 0 aliphatic rings. The molecule has 1 aromatic rings. The molecule has 0 spiro atoms. The van der Waals surface area contributed by atoms with Crippen molar-refractivity contribution in [2.45, 2.75) is 5.33 Å². The maximum absolute atomic E-state index is 8.56. The normalized spacial score (nSPS) is 11.2. The first kappa shape index (κ1) is 11.8. The van der Waals surface area contributed by atoms with Crippen LogP contribution in [0.25, 0.3) is 0 Å². The Bertz CT molecular complexity index is 223. The van der Waals surface area contributed by atoms with Crippen LogP contribution in [0, 0.1) is 0 Å². The summed E-state index contributed by atoms with van der Waals surface area (Å²) >= 11 is 0.496. The maximum Gasteiger partial charge on any atom is 0.0814 e. The molecular weight excluding hydrogens is 244 g/mol. The minimum Gasteiger partial charge on any atom is -0.750 e. The number of halogens is 1. The van der Waals surface area contributed by atoms with E-state index in [1.54, 1.807) is 0 Å². The van der Waals surface area contributed by atoms with Gasteiger partial charge in [-0.05, 0) is 5.56 Å². The summed E-state index contributed by atoms with van der Waals surface area (Å²) in [6, 6.07) is 10.3. The van der Waals surface area contributed by atoms with Crippen LogP contribution in [0.15, 0.2) is 30.3 Å². The summed E-state index contributed by atoms with van der Waals surface area (Å²) in [7, 11) is 0. The highest BCUT2D eigenvalue weighted by molar-refractivity contribution is 9.08. The van der Waals surface area contributed by atoms with Gasteiger partial charge in [-0.2, -0.15) is 0 Å². The standard InChI is InChI=1S/C7H7Br.H2O3S/c8-6-7-4-2-1-3-5-7;1-4(2)3/h1-5H,6H2;(H2,1,2,3)/p-1. The number of benzene rings is 1. The molecule has 1 unspecified atom stereocenters. The summed E-state index contributed by atoms with van der Waals surface area (Å²) in [5.74, 6) is 0. The van der Waals surface area contributed by atoms with Crippen molar-refractivity contribution in [2.24, 2.45) is 0 Å². The van der Waals surface area contributed by atoms with Crippen LogP contribution in [0.4, 0.5) is 0 Å². The minimum atomic E-state index is -2.86. The van der Waals surface area contributed by atoms with Gasteiger partial charge in [0.15, 0.2) is 0 Å². The summed E-state index contributed by atoms with van der Waals surface area (Å²) in [6.45, 7) is 0. The first-order valence-corrected chi connectivity index (χ1v) is 5.20. The Morgan fingerprint density at radius 3 is 2.08 bits per heavy atom. The van der Waals surface area contributed by atoms with Crippen molar-refractivity contribution in [3.05, 3.63) is 35.9 Å². The summed E-state index contributed by atoms with van der Waals surface area (Å²) in [4.78, 5) is 0. The predicted octanol–water partition coefficient (Wildman–Crippen LogP) is 1.92. The third-order valence-corrected chi connectivity index (χ3v) is 1.64. The first-order chi connectivity index (χ1) is 5.66. The number of hydrogen-bond donors (Lipinski definition) is 1. The molecule has 0 saturated heterocycles. The molecule has 12 heavy (non-hydrogen) atoms. The molecule has 0 aromatic heterocycles. The van der Waals surface area contributed by atoms with Crippen molar-refractivity contribution in [1.29, 1.82) is 0 Å². The second-order valence-corrected chi connectivity index (χ2v) is 2.83. The maximum atomic E-state index is 8.56. The fourth-order valence-electron chi connectivity index (χ4n) is 0.567. The van der Waals surface area contributed by atoms with Crippen molar-refractivity contribution in [2.75, 3.05) is 0 Å². The van der Waals surface area contributed by atoms with E-state index < -0.39 is 11.4 Å². The highest BCUT2D eigenvalue weighted by atomic mass is 79.9. The van der Waals surface area contributed by atoms with Gasteiger partial charge in [0.2, 0.25) is 0 Å². The molecule has 0 aliphatic carbocycles. The van der Waals surface area contributed by atoms with Gasteiger partial charge in [-0.3, -0.25) is 0 Å². The molecule has 1 aromatic carbocycles. The van der Waals surface area contributed by atoms with E-state index in [1.165, 1.54) is 5.56 Å². The average Bonchev–Trinajstić information content (AvgIpc) is 2.05. The lowest BCUT2D eigenvalue weighted by Crippen LogP contribution is -1.75. The van der Waals surface area contributed by atoms with E-state index in [9.17, 15) is 0 Å². The Kier molecular flexibility index (Phi) is 7.28. The topological polar surface area (TPSA) is 60.4 Å². The Morgan fingerprint density at radius 1 is 1.42 bits per heavy atom. The summed E-state index contributed by atoms with van der Waals surface area (Å²) in [5.41, 5.74) is 1.33. The van der Waals surface area contributed by atoms with Gasteiger partial charge in [-0.25, -0.2) is 4.21 Å². The monoisotopic (exact) mass is 251 g/mol. The van der Waals surface area contributed by atoms with Crippen LogP contribution < -0.4 is 0 Å². The van der Waals surface area contributed by atoms with Crippen LogP contribution in [-0.4, -0.2) is 13.3 Å². The van der Waals surface area contributed by atoms with E-state index in [1.807, 2.05) is 18.2 Å². The SMILES string of the molecule is BrCc1ccccc1.O=S([O-])O. The van der Waals surface area contributed by atoms with E-state index in [2.05, 4.69) is 28.1 Å². The van der Waals surface area contributed by atoms with Crippen LogP contribution in [0.3, 0.4) is 0 Å². The minimum absolute atomic E-state index is 0.952. The molecule has 0 saturated carbocycles. The highest BCUT2D eigenvalue weighted by Gasteiger charge is 1.81. The molecule has 0 radical (unpaired) electrons. The predicted molar refractivity (Wildman–Crippen MR) is 50.6 cm³/mol. The lowest BCUT2D eigenvalue weighted by atomic mass is 10.2. The Labute approximate surface area is 82.1 Å². The van der Waals surface area contributed by atoms with Gasteiger partial charge < -0.3 is 9.11 Å². The molecule has 0 aliphatic heterocycles. The smallest absolute Gasteiger partial charge is 0.0814 e. The molecule has 3 nitrogen and oxygen atoms in total. The van der Waals surface area contributed by atoms with Gasteiger partial charge in [-0.1, -0.05) is 46.3 Å². The van der Waals surface area contributed by atoms with Crippen molar-refractivity contribution in [1.82, 2.24) is 0 Å². The average molecular weight is 252 g/mol. The van der Waals surface area contributed by atoms with E-state index >= 15 is 0 Å². The zero-order chi connectivity index (χ0) is 9.40. The van der Waals surface area contributed by atoms with E-state index in [-0.39, 0.29) is 0 Å². The van der Waals surface area contributed by atoms with Crippen LogP contribution >= 0.6 is 15.9 Å². The van der Waals surface area contributed by atoms with Crippen LogP contribution in [0.1, 0.15) is 5.56 Å². The molecule has 1 atom stereocenters. The fraction of sp³-hybridized carbons (Fsp3) is 0.143. The lowest BCUT2D eigenvalue weighted by Gasteiger charge is -1.88. The third-order valence-electron chi connectivity index (χ3n) is 0.997. The van der Waals surface area contributed by atoms with Gasteiger partial charge in [0.05, 0.1) is 11.4 Å². The molecule has 1 N–H and O–H groups in total. The molecule has 0 bridgehead atoms. The second-order valence-electron chi connectivity index (χ2n) is 1.84. The number of rotatable bonds is 1. The molecule has 1 rings (SSSR count). The zero-order valence-corrected chi connectivity index (χ0v) is 8.55. The Balaban J connectivity index is 0.000000261. The van der Waals surface area contributed by atoms with Gasteiger partial charge in [0.25, 0.3) is 0 Å². The molecular formula is C7H8BrO3S-. The van der Waals surface area contributed by atoms with Crippen molar-refractivity contribution >= 4 is 27.3 Å². The number of alkyl halides is 1. The van der Waals surface area contributed by atoms with Gasteiger partial charge >= 0.3 is 0 Å². The van der Waals surface area contributed by atoms with Gasteiger partial charge in [0.1, 0.15) is 0 Å². The Morgan fingerprint density at radius 2 is 1.83 bits per heavy atom. The van der Waals surface area contributed by atoms with Crippen molar-refractivity contribution < 1.29 is 13.3 Å². The summed E-state index contributed by atoms with van der Waals surface area (Å²) < 4.78 is 24.1. The zero-order valence-electron chi connectivity index (χ0n) is 6.14. The van der Waals surface area contributed by atoms with Crippen LogP contribution in [0.5, 0.6) is 0 Å². The third kappa shape index (κ3) is 7.87. The molecule has 0 amide bonds. The summed E-state index contributed by atoms with van der Waals surface area (Å²) in [5, 5.41) is 0.952. The van der Waals surface area contributed by atoms with Crippen molar-refractivity contribution in [3.63, 3.8) is 0 Å². The fourth-order valence-corrected chi connectivity index (χ4v) is 0.941. The molecule has 0 heterocycles. The van der Waals surface area contributed by atoms with Crippen LogP contribution in [0.2, 0.25) is 0 Å². The van der Waals surface area contributed by atoms with E-state index in [4.69, 9.17) is 13.3 Å². The van der Waals surface area contributed by atoms with Gasteiger partial charge in [0, 0.05) is 5.33 Å². The quantitative estimate of drug-likeness (QED) is 0.613. The molecule has 0 fully saturated rings. The van der Waals surface area contributed by atoms with Crippen LogP contribution in [-0.2, 0) is 16.7 Å². The number of hydrogen-bond acceptors (Lipinski definition) is 2. The summed E-state index contributed by atoms with van der Waals surface area (Å²) in [6.07, 6.45) is 0. The molecule has 5 heteroatoms. The largest absolute Gasteiger partial charge is 0.750 e. The molecule has 68 valence electrons. The highest BCUT2D eigenvalue weighted by Crippen LogP contribution is 2.02. The van der Waals surface area contributed by atoms with E-state index in [0.717, 1.165) is 5.33 Å². The first-order valence-electron chi connectivity index (χ1n) is 3.05. The van der Waals surface area contributed by atoms with Crippen molar-refractivity contribution in [3.8, 4) is 0 Å². The van der Waals surface area contributed by atoms with E-state index in [0.29, 0.717) is 0 Å². The Hall–Kier alpha value is -0.230. The van der Waals surface area contributed by atoms with Gasteiger partial charge in [-0.15, -0.1) is 0 Å².